The average molecular weight is 250 g/mol. The molecule has 18 heavy (non-hydrogen) atoms. The third-order valence-electron chi connectivity index (χ3n) is 3.17. The zero-order valence-electron chi connectivity index (χ0n) is 11.3. The van der Waals surface area contributed by atoms with Crippen LogP contribution in [0.4, 0.5) is 4.39 Å². The Morgan fingerprint density at radius 3 is 2.67 bits per heavy atom. The third-order valence-corrected chi connectivity index (χ3v) is 3.17. The SMILES string of the molecule is COc1c(F)ccc2c1c(CCN(C)C)cn2C. The Hall–Kier alpha value is -1.55. The van der Waals surface area contributed by atoms with Crippen LogP contribution < -0.4 is 4.74 Å². The number of aryl methyl sites for hydroxylation is 1. The lowest BCUT2D eigenvalue weighted by Gasteiger charge is -2.10. The number of methoxy groups -OCH3 is 1. The van der Waals surface area contributed by atoms with Gasteiger partial charge in [0, 0.05) is 25.2 Å². The maximum absolute atomic E-state index is 13.8. The number of benzene rings is 1. The maximum atomic E-state index is 13.8. The van der Waals surface area contributed by atoms with E-state index in [2.05, 4.69) is 11.1 Å². The van der Waals surface area contributed by atoms with Crippen molar-refractivity contribution >= 4 is 10.9 Å². The zero-order chi connectivity index (χ0) is 13.3. The maximum Gasteiger partial charge on any atom is 0.165 e. The molecule has 1 aromatic heterocycles. The van der Waals surface area contributed by atoms with Gasteiger partial charge in [-0.1, -0.05) is 0 Å². The predicted molar refractivity (Wildman–Crippen MR) is 71.7 cm³/mol. The van der Waals surface area contributed by atoms with E-state index in [1.165, 1.54) is 13.2 Å². The summed E-state index contributed by atoms with van der Waals surface area (Å²) in [7, 11) is 7.55. The molecule has 0 spiro atoms. The van der Waals surface area contributed by atoms with Gasteiger partial charge in [0.1, 0.15) is 0 Å². The number of hydrogen-bond donors (Lipinski definition) is 0. The molecule has 0 bridgehead atoms. The summed E-state index contributed by atoms with van der Waals surface area (Å²) < 4.78 is 21.0. The lowest BCUT2D eigenvalue weighted by Crippen LogP contribution is -2.14. The first kappa shape index (κ1) is 12.9. The molecule has 1 aromatic carbocycles. The van der Waals surface area contributed by atoms with Crippen LogP contribution in [-0.4, -0.2) is 37.2 Å². The van der Waals surface area contributed by atoms with Crippen LogP contribution in [0.3, 0.4) is 0 Å². The molecule has 2 aromatic rings. The summed E-state index contributed by atoms with van der Waals surface area (Å²) in [5.41, 5.74) is 2.12. The van der Waals surface area contributed by atoms with Crippen LogP contribution in [0, 0.1) is 5.82 Å². The van der Waals surface area contributed by atoms with Crippen molar-refractivity contribution in [3.8, 4) is 5.75 Å². The number of hydrogen-bond acceptors (Lipinski definition) is 2. The van der Waals surface area contributed by atoms with Crippen LogP contribution >= 0.6 is 0 Å². The lowest BCUT2D eigenvalue weighted by molar-refractivity contribution is 0.391. The van der Waals surface area contributed by atoms with Gasteiger partial charge in [-0.2, -0.15) is 0 Å². The minimum absolute atomic E-state index is 0.303. The monoisotopic (exact) mass is 250 g/mol. The molecule has 0 aliphatic heterocycles. The van der Waals surface area contributed by atoms with Gasteiger partial charge in [0.15, 0.2) is 11.6 Å². The van der Waals surface area contributed by atoms with Gasteiger partial charge in [0.25, 0.3) is 0 Å². The van der Waals surface area contributed by atoms with E-state index in [4.69, 9.17) is 4.74 Å². The molecule has 3 nitrogen and oxygen atoms in total. The summed E-state index contributed by atoms with van der Waals surface area (Å²) in [5, 5.41) is 0.891. The fraction of sp³-hybridized carbons (Fsp3) is 0.429. The van der Waals surface area contributed by atoms with Gasteiger partial charge in [0.2, 0.25) is 0 Å². The van der Waals surface area contributed by atoms with Gasteiger partial charge in [0.05, 0.1) is 12.6 Å². The number of aromatic nitrogens is 1. The van der Waals surface area contributed by atoms with Crippen LogP contribution in [0.1, 0.15) is 5.56 Å². The van der Waals surface area contributed by atoms with Gasteiger partial charge < -0.3 is 14.2 Å². The minimum Gasteiger partial charge on any atom is -0.493 e. The van der Waals surface area contributed by atoms with Crippen molar-refractivity contribution in [3.05, 3.63) is 29.7 Å². The van der Waals surface area contributed by atoms with E-state index < -0.39 is 0 Å². The van der Waals surface area contributed by atoms with Crippen LogP contribution in [0.25, 0.3) is 10.9 Å². The number of halogens is 1. The molecule has 0 unspecified atom stereocenters. The molecule has 4 heteroatoms. The lowest BCUT2D eigenvalue weighted by atomic mass is 10.1. The van der Waals surface area contributed by atoms with Crippen LogP contribution in [-0.2, 0) is 13.5 Å². The highest BCUT2D eigenvalue weighted by Crippen LogP contribution is 2.32. The highest BCUT2D eigenvalue weighted by atomic mass is 19.1. The molecule has 0 aliphatic carbocycles. The van der Waals surface area contributed by atoms with Crippen LogP contribution in [0.5, 0.6) is 5.75 Å². The number of fused-ring (bicyclic) bond motifs is 1. The fourth-order valence-electron chi connectivity index (χ4n) is 2.25. The molecule has 0 saturated carbocycles. The Labute approximate surface area is 107 Å². The van der Waals surface area contributed by atoms with Crippen molar-refractivity contribution < 1.29 is 9.13 Å². The molecule has 0 radical (unpaired) electrons. The first-order valence-corrected chi connectivity index (χ1v) is 5.99. The first-order valence-electron chi connectivity index (χ1n) is 5.99. The molecule has 98 valence electrons. The third kappa shape index (κ3) is 2.20. The molecular formula is C14H19FN2O. The predicted octanol–water partition coefficient (Wildman–Crippen LogP) is 2.43. The minimum atomic E-state index is -0.303. The van der Waals surface area contributed by atoms with E-state index in [1.807, 2.05) is 25.7 Å². The van der Waals surface area contributed by atoms with Gasteiger partial charge in [-0.15, -0.1) is 0 Å². The molecule has 0 fully saturated rings. The Bertz CT molecular complexity index is 560. The largest absolute Gasteiger partial charge is 0.493 e. The zero-order valence-corrected chi connectivity index (χ0v) is 11.3. The summed E-state index contributed by atoms with van der Waals surface area (Å²) in [6.07, 6.45) is 2.93. The summed E-state index contributed by atoms with van der Waals surface area (Å²) in [6, 6.07) is 3.25. The number of likely N-dealkylation sites (N-methyl/N-ethyl adjacent to an activating group) is 1. The summed E-state index contributed by atoms with van der Waals surface area (Å²) in [5.74, 6) is 0.0455. The second-order valence-electron chi connectivity index (χ2n) is 4.79. The Morgan fingerprint density at radius 1 is 1.33 bits per heavy atom. The van der Waals surface area contributed by atoms with Crippen molar-refractivity contribution in [2.24, 2.45) is 7.05 Å². The number of nitrogens with zero attached hydrogens (tertiary/aromatic N) is 2. The van der Waals surface area contributed by atoms with Gasteiger partial charge in [-0.25, -0.2) is 4.39 Å². The van der Waals surface area contributed by atoms with Gasteiger partial charge in [-0.05, 0) is 38.2 Å². The van der Waals surface area contributed by atoms with Crippen molar-refractivity contribution in [3.63, 3.8) is 0 Å². The molecule has 0 amide bonds. The second-order valence-corrected chi connectivity index (χ2v) is 4.79. The topological polar surface area (TPSA) is 17.4 Å². The normalized spacial score (nSPS) is 11.4. The Balaban J connectivity index is 2.55. The molecule has 0 saturated heterocycles. The molecule has 0 aliphatic rings. The standard InChI is InChI=1S/C14H19FN2O/c1-16(2)8-7-10-9-17(3)12-6-5-11(15)14(18-4)13(10)12/h5-6,9H,7-8H2,1-4H3. The van der Waals surface area contributed by atoms with E-state index in [9.17, 15) is 4.39 Å². The van der Waals surface area contributed by atoms with Gasteiger partial charge in [-0.3, -0.25) is 0 Å². The second kappa shape index (κ2) is 4.98. The molecule has 1 heterocycles. The number of rotatable bonds is 4. The van der Waals surface area contributed by atoms with Gasteiger partial charge >= 0.3 is 0 Å². The average Bonchev–Trinajstić information content (AvgIpc) is 2.64. The van der Waals surface area contributed by atoms with E-state index in [0.29, 0.717) is 5.75 Å². The quantitative estimate of drug-likeness (QED) is 0.829. The summed E-state index contributed by atoms with van der Waals surface area (Å²) in [4.78, 5) is 2.12. The highest BCUT2D eigenvalue weighted by Gasteiger charge is 2.15. The van der Waals surface area contributed by atoms with Crippen LogP contribution in [0.2, 0.25) is 0 Å². The van der Waals surface area contributed by atoms with Crippen molar-refractivity contribution in [2.45, 2.75) is 6.42 Å². The number of ether oxygens (including phenoxy) is 1. The molecule has 2 rings (SSSR count). The molecular weight excluding hydrogens is 231 g/mol. The summed E-state index contributed by atoms with van der Waals surface area (Å²) in [6.45, 7) is 0.929. The van der Waals surface area contributed by atoms with E-state index in [1.54, 1.807) is 6.07 Å². The van der Waals surface area contributed by atoms with Crippen molar-refractivity contribution in [1.82, 2.24) is 9.47 Å². The van der Waals surface area contributed by atoms with E-state index in [0.717, 1.165) is 29.4 Å². The Kier molecular flexibility index (Phi) is 3.57. The van der Waals surface area contributed by atoms with Crippen molar-refractivity contribution in [1.29, 1.82) is 0 Å². The highest BCUT2D eigenvalue weighted by molar-refractivity contribution is 5.90. The first-order chi connectivity index (χ1) is 8.54. The van der Waals surface area contributed by atoms with E-state index in [-0.39, 0.29) is 5.82 Å². The summed E-state index contributed by atoms with van der Waals surface area (Å²) >= 11 is 0. The fourth-order valence-corrected chi connectivity index (χ4v) is 2.25. The smallest absolute Gasteiger partial charge is 0.165 e. The molecule has 0 N–H and O–H groups in total. The van der Waals surface area contributed by atoms with Crippen LogP contribution in [0.15, 0.2) is 18.3 Å². The van der Waals surface area contributed by atoms with Crippen molar-refractivity contribution in [2.75, 3.05) is 27.7 Å². The van der Waals surface area contributed by atoms with E-state index >= 15 is 0 Å². The Morgan fingerprint density at radius 2 is 2.06 bits per heavy atom. The molecule has 0 atom stereocenters.